The molecule has 0 radical (unpaired) electrons. The third-order valence-electron chi connectivity index (χ3n) is 4.54. The number of amides is 3. The Morgan fingerprint density at radius 2 is 2.24 bits per heavy atom. The van der Waals surface area contributed by atoms with Gasteiger partial charge in [0.2, 0.25) is 0 Å². The smallest absolute Gasteiger partial charge is 0.319 e. The number of ether oxygens (including phenoxy) is 2. The quantitative estimate of drug-likeness (QED) is 0.853. The summed E-state index contributed by atoms with van der Waals surface area (Å²) in [5, 5.41) is 5.66. The van der Waals surface area contributed by atoms with Crippen LogP contribution >= 0.6 is 0 Å². The number of hydrogen-bond acceptors (Lipinski definition) is 4. The molecule has 1 fully saturated rings. The van der Waals surface area contributed by atoms with Crippen molar-refractivity contribution in [3.05, 3.63) is 23.8 Å². The van der Waals surface area contributed by atoms with Gasteiger partial charge >= 0.3 is 6.03 Å². The summed E-state index contributed by atoms with van der Waals surface area (Å²) in [6.07, 6.45) is 3.99. The molecule has 2 aliphatic heterocycles. The Hall–Kier alpha value is -2.12. The highest BCUT2D eigenvalue weighted by molar-refractivity contribution is 5.97. The average molecular weight is 347 g/mol. The summed E-state index contributed by atoms with van der Waals surface area (Å²) in [4.78, 5) is 26.0. The van der Waals surface area contributed by atoms with E-state index in [4.69, 9.17) is 9.47 Å². The second-order valence-electron chi connectivity index (χ2n) is 6.40. The first kappa shape index (κ1) is 17.7. The fourth-order valence-corrected chi connectivity index (χ4v) is 3.30. The molecule has 1 atom stereocenters. The molecule has 7 heteroatoms. The highest BCUT2D eigenvalue weighted by atomic mass is 16.5. The molecule has 1 saturated heterocycles. The minimum absolute atomic E-state index is 0.0545. The fourth-order valence-electron chi connectivity index (χ4n) is 3.30. The summed E-state index contributed by atoms with van der Waals surface area (Å²) < 4.78 is 10.5. The van der Waals surface area contributed by atoms with Crippen LogP contribution < -0.4 is 15.5 Å². The van der Waals surface area contributed by atoms with E-state index in [0.29, 0.717) is 18.8 Å². The number of urea groups is 1. The van der Waals surface area contributed by atoms with Crippen molar-refractivity contribution >= 4 is 23.3 Å². The summed E-state index contributed by atoms with van der Waals surface area (Å²) >= 11 is 0. The molecule has 0 unspecified atom stereocenters. The van der Waals surface area contributed by atoms with Crippen LogP contribution in [0.15, 0.2) is 18.2 Å². The molecule has 0 aliphatic carbocycles. The maximum Gasteiger partial charge on any atom is 0.319 e. The Labute approximate surface area is 147 Å². The van der Waals surface area contributed by atoms with E-state index in [2.05, 4.69) is 10.6 Å². The Morgan fingerprint density at radius 1 is 1.36 bits per heavy atom. The lowest BCUT2D eigenvalue weighted by molar-refractivity contribution is -0.122. The van der Waals surface area contributed by atoms with Gasteiger partial charge in [-0.3, -0.25) is 4.79 Å². The normalized spacial score (nSPS) is 19.4. The summed E-state index contributed by atoms with van der Waals surface area (Å²) in [6.45, 7) is 2.00. The Balaban J connectivity index is 1.63. The van der Waals surface area contributed by atoms with Gasteiger partial charge in [-0.2, -0.15) is 0 Å². The SMILES string of the molecule is COCC(=O)N1CCCc2ccc(NC(=O)NC[C@H]3CCCO3)cc21. The summed E-state index contributed by atoms with van der Waals surface area (Å²) in [7, 11) is 1.51. The monoisotopic (exact) mass is 347 g/mol. The Morgan fingerprint density at radius 3 is 3.00 bits per heavy atom. The van der Waals surface area contributed by atoms with Crippen molar-refractivity contribution in [1.29, 1.82) is 0 Å². The highest BCUT2D eigenvalue weighted by Crippen LogP contribution is 2.30. The van der Waals surface area contributed by atoms with Crippen LogP contribution in [0.5, 0.6) is 0 Å². The topological polar surface area (TPSA) is 79.9 Å². The average Bonchev–Trinajstić information content (AvgIpc) is 3.13. The van der Waals surface area contributed by atoms with Gasteiger partial charge in [0.25, 0.3) is 5.91 Å². The van der Waals surface area contributed by atoms with Crippen molar-refractivity contribution in [3.63, 3.8) is 0 Å². The molecule has 0 spiro atoms. The zero-order valence-electron chi connectivity index (χ0n) is 14.5. The molecule has 0 aromatic heterocycles. The lowest BCUT2D eigenvalue weighted by Gasteiger charge is -2.30. The molecule has 0 bridgehead atoms. The highest BCUT2D eigenvalue weighted by Gasteiger charge is 2.23. The molecule has 1 aromatic carbocycles. The van der Waals surface area contributed by atoms with Gasteiger partial charge in [0, 0.05) is 38.2 Å². The van der Waals surface area contributed by atoms with Gasteiger partial charge in [-0.15, -0.1) is 0 Å². The van der Waals surface area contributed by atoms with Crippen LogP contribution in [0.1, 0.15) is 24.8 Å². The van der Waals surface area contributed by atoms with Crippen molar-refractivity contribution in [1.82, 2.24) is 5.32 Å². The first-order valence-corrected chi connectivity index (χ1v) is 8.76. The van der Waals surface area contributed by atoms with Gasteiger partial charge in [0.05, 0.1) is 6.10 Å². The van der Waals surface area contributed by atoms with E-state index in [9.17, 15) is 9.59 Å². The molecule has 3 amide bonds. The number of hydrogen-bond donors (Lipinski definition) is 2. The molecular formula is C18H25N3O4. The van der Waals surface area contributed by atoms with E-state index < -0.39 is 0 Å². The number of benzene rings is 1. The minimum atomic E-state index is -0.263. The van der Waals surface area contributed by atoms with Crippen molar-refractivity contribution in [2.24, 2.45) is 0 Å². The van der Waals surface area contributed by atoms with E-state index in [1.54, 1.807) is 4.90 Å². The lowest BCUT2D eigenvalue weighted by atomic mass is 10.0. The van der Waals surface area contributed by atoms with Gasteiger partial charge in [-0.25, -0.2) is 4.79 Å². The molecular weight excluding hydrogens is 322 g/mol. The van der Waals surface area contributed by atoms with E-state index in [1.165, 1.54) is 7.11 Å². The molecule has 3 rings (SSSR count). The molecule has 2 aliphatic rings. The van der Waals surface area contributed by atoms with Gasteiger partial charge < -0.3 is 25.0 Å². The zero-order valence-corrected chi connectivity index (χ0v) is 14.5. The van der Waals surface area contributed by atoms with Crippen LogP contribution in [0, 0.1) is 0 Å². The van der Waals surface area contributed by atoms with E-state index >= 15 is 0 Å². The predicted molar refractivity (Wildman–Crippen MR) is 95.0 cm³/mol. The molecule has 2 heterocycles. The second kappa shape index (κ2) is 8.31. The number of carbonyl (C=O) groups excluding carboxylic acids is 2. The third kappa shape index (κ3) is 4.49. The molecule has 2 N–H and O–H groups in total. The van der Waals surface area contributed by atoms with Crippen LogP contribution in [0.2, 0.25) is 0 Å². The van der Waals surface area contributed by atoms with Gasteiger partial charge in [0.15, 0.2) is 0 Å². The van der Waals surface area contributed by atoms with Crippen LogP contribution in [0.25, 0.3) is 0 Å². The van der Waals surface area contributed by atoms with E-state index in [-0.39, 0.29) is 24.6 Å². The summed E-state index contributed by atoms with van der Waals surface area (Å²) in [5.74, 6) is -0.0663. The van der Waals surface area contributed by atoms with Crippen molar-refractivity contribution in [3.8, 4) is 0 Å². The Bertz CT molecular complexity index is 629. The lowest BCUT2D eigenvalue weighted by Crippen LogP contribution is -2.38. The molecule has 1 aromatic rings. The predicted octanol–water partition coefficient (Wildman–Crippen LogP) is 1.91. The zero-order chi connectivity index (χ0) is 17.6. The van der Waals surface area contributed by atoms with E-state index in [1.807, 2.05) is 18.2 Å². The van der Waals surface area contributed by atoms with Crippen LogP contribution in [0.3, 0.4) is 0 Å². The fraction of sp³-hybridized carbons (Fsp3) is 0.556. The summed E-state index contributed by atoms with van der Waals surface area (Å²) in [6, 6.07) is 5.43. The number of methoxy groups -OCH3 is 1. The second-order valence-corrected chi connectivity index (χ2v) is 6.40. The molecule has 0 saturated carbocycles. The van der Waals surface area contributed by atoms with Crippen LogP contribution in [0.4, 0.5) is 16.2 Å². The number of rotatable bonds is 5. The minimum Gasteiger partial charge on any atom is -0.376 e. The van der Waals surface area contributed by atoms with Crippen LogP contribution in [-0.2, 0) is 20.7 Å². The van der Waals surface area contributed by atoms with Gasteiger partial charge in [-0.1, -0.05) is 6.07 Å². The molecule has 7 nitrogen and oxygen atoms in total. The number of carbonyl (C=O) groups is 2. The maximum atomic E-state index is 12.2. The molecule has 25 heavy (non-hydrogen) atoms. The van der Waals surface area contributed by atoms with Gasteiger partial charge in [-0.05, 0) is 43.4 Å². The van der Waals surface area contributed by atoms with Crippen molar-refractivity contribution in [2.45, 2.75) is 31.8 Å². The largest absolute Gasteiger partial charge is 0.376 e. The first-order chi connectivity index (χ1) is 12.2. The van der Waals surface area contributed by atoms with E-state index in [0.717, 1.165) is 43.5 Å². The van der Waals surface area contributed by atoms with Crippen LogP contribution in [-0.4, -0.2) is 51.5 Å². The first-order valence-electron chi connectivity index (χ1n) is 8.76. The number of aryl methyl sites for hydroxylation is 1. The Kier molecular flexibility index (Phi) is 5.88. The number of nitrogens with zero attached hydrogens (tertiary/aromatic N) is 1. The number of anilines is 2. The molecule has 136 valence electrons. The van der Waals surface area contributed by atoms with Crippen molar-refractivity contribution < 1.29 is 19.1 Å². The standard InChI is InChI=1S/C18H25N3O4/c1-24-12-17(22)21-8-2-4-13-6-7-14(10-16(13)21)20-18(23)19-11-15-5-3-9-25-15/h6-7,10,15H,2-5,8-9,11-12H2,1H3,(H2,19,20,23)/t15-/m1/s1. The number of fused-ring (bicyclic) bond motifs is 1. The number of nitrogens with one attached hydrogen (secondary N) is 2. The third-order valence-corrected chi connectivity index (χ3v) is 4.54. The maximum absolute atomic E-state index is 12.2. The van der Waals surface area contributed by atoms with Crippen molar-refractivity contribution in [2.75, 3.05) is 43.6 Å². The van der Waals surface area contributed by atoms with Gasteiger partial charge in [0.1, 0.15) is 6.61 Å². The summed E-state index contributed by atoms with van der Waals surface area (Å²) in [5.41, 5.74) is 2.63.